The molecule has 112 valence electrons. The molecule has 2 rings (SSSR count). The summed E-state index contributed by atoms with van der Waals surface area (Å²) >= 11 is 1.71. The fourth-order valence-corrected chi connectivity index (χ4v) is 3.85. The quantitative estimate of drug-likeness (QED) is 0.845. The predicted molar refractivity (Wildman–Crippen MR) is 83.9 cm³/mol. The van der Waals surface area contributed by atoms with E-state index in [2.05, 4.69) is 18.2 Å². The second-order valence-corrected chi connectivity index (χ2v) is 6.03. The normalized spacial score (nSPS) is 23.1. The number of ether oxygens (including phenoxy) is 2. The minimum absolute atomic E-state index is 0.344. The molecule has 1 aliphatic heterocycles. The van der Waals surface area contributed by atoms with Crippen molar-refractivity contribution in [2.75, 3.05) is 40.6 Å². The van der Waals surface area contributed by atoms with E-state index in [0.717, 1.165) is 31.0 Å². The molecule has 20 heavy (non-hydrogen) atoms. The molecule has 1 saturated heterocycles. The second kappa shape index (κ2) is 6.70. The van der Waals surface area contributed by atoms with Gasteiger partial charge in [-0.25, -0.2) is 0 Å². The van der Waals surface area contributed by atoms with Crippen molar-refractivity contribution in [1.29, 1.82) is 0 Å². The van der Waals surface area contributed by atoms with Crippen LogP contribution in [0.2, 0.25) is 0 Å². The third kappa shape index (κ3) is 2.75. The molecule has 5 heteroatoms. The number of methoxy groups -OCH3 is 2. The van der Waals surface area contributed by atoms with Gasteiger partial charge in [0.2, 0.25) is 0 Å². The molecule has 0 aromatic heterocycles. The molecule has 2 N–H and O–H groups in total. The average Bonchev–Trinajstić information content (AvgIpc) is 2.86. The molecule has 2 atom stereocenters. The Kier molecular flexibility index (Phi) is 5.18. The SMILES string of the molecule is COc1ccc(OC)c(C2CC(CN)CN2C)c1SC. The van der Waals surface area contributed by atoms with E-state index in [0.29, 0.717) is 12.0 Å². The van der Waals surface area contributed by atoms with Gasteiger partial charge in [-0.3, -0.25) is 4.90 Å². The van der Waals surface area contributed by atoms with Gasteiger partial charge in [0.1, 0.15) is 11.5 Å². The van der Waals surface area contributed by atoms with Crippen LogP contribution in [0.15, 0.2) is 17.0 Å². The second-order valence-electron chi connectivity index (χ2n) is 5.21. The highest BCUT2D eigenvalue weighted by molar-refractivity contribution is 7.98. The first-order valence-corrected chi connectivity index (χ1v) is 8.07. The smallest absolute Gasteiger partial charge is 0.133 e. The average molecular weight is 296 g/mol. The van der Waals surface area contributed by atoms with Gasteiger partial charge < -0.3 is 15.2 Å². The van der Waals surface area contributed by atoms with Crippen LogP contribution in [0.3, 0.4) is 0 Å². The largest absolute Gasteiger partial charge is 0.496 e. The number of hydrogen-bond acceptors (Lipinski definition) is 5. The fraction of sp³-hybridized carbons (Fsp3) is 0.600. The zero-order valence-electron chi connectivity index (χ0n) is 12.7. The van der Waals surface area contributed by atoms with Crippen molar-refractivity contribution in [3.8, 4) is 11.5 Å². The first-order valence-electron chi connectivity index (χ1n) is 6.85. The van der Waals surface area contributed by atoms with Crippen LogP contribution in [0, 0.1) is 5.92 Å². The van der Waals surface area contributed by atoms with Crippen molar-refractivity contribution >= 4 is 11.8 Å². The lowest BCUT2D eigenvalue weighted by Gasteiger charge is -2.25. The number of rotatable bonds is 5. The van der Waals surface area contributed by atoms with Crippen LogP contribution in [-0.4, -0.2) is 45.5 Å². The molecule has 0 radical (unpaired) electrons. The summed E-state index contributed by atoms with van der Waals surface area (Å²) in [6.07, 6.45) is 3.15. The molecule has 2 unspecified atom stereocenters. The van der Waals surface area contributed by atoms with Gasteiger partial charge >= 0.3 is 0 Å². The number of nitrogens with zero attached hydrogens (tertiary/aromatic N) is 1. The Balaban J connectivity index is 2.48. The topological polar surface area (TPSA) is 47.7 Å². The zero-order valence-corrected chi connectivity index (χ0v) is 13.5. The van der Waals surface area contributed by atoms with E-state index >= 15 is 0 Å². The lowest BCUT2D eigenvalue weighted by atomic mass is 9.98. The van der Waals surface area contributed by atoms with E-state index in [-0.39, 0.29) is 0 Å². The van der Waals surface area contributed by atoms with Gasteiger partial charge in [0.05, 0.1) is 19.1 Å². The maximum absolute atomic E-state index is 5.85. The molecule has 0 spiro atoms. The Hall–Kier alpha value is -0.910. The van der Waals surface area contributed by atoms with Crippen LogP contribution >= 0.6 is 11.8 Å². The Morgan fingerprint density at radius 1 is 1.30 bits per heavy atom. The molecule has 1 heterocycles. The van der Waals surface area contributed by atoms with Crippen molar-refractivity contribution in [2.45, 2.75) is 17.4 Å². The summed E-state index contributed by atoms with van der Waals surface area (Å²) in [6.45, 7) is 1.77. The maximum Gasteiger partial charge on any atom is 0.133 e. The highest BCUT2D eigenvalue weighted by atomic mass is 32.2. The maximum atomic E-state index is 5.85. The molecular formula is C15H24N2O2S. The summed E-state index contributed by atoms with van der Waals surface area (Å²) in [5.74, 6) is 2.40. The molecule has 0 bridgehead atoms. The molecule has 1 aromatic rings. The van der Waals surface area contributed by atoms with Gasteiger partial charge in [0.15, 0.2) is 0 Å². The van der Waals surface area contributed by atoms with Crippen LogP contribution in [0.1, 0.15) is 18.0 Å². The van der Waals surface area contributed by atoms with E-state index in [1.807, 2.05) is 12.1 Å². The lowest BCUT2D eigenvalue weighted by molar-refractivity contribution is 0.296. The van der Waals surface area contributed by atoms with Crippen LogP contribution in [0.5, 0.6) is 11.5 Å². The van der Waals surface area contributed by atoms with Gasteiger partial charge in [-0.05, 0) is 44.3 Å². The summed E-state index contributed by atoms with van der Waals surface area (Å²) in [6, 6.07) is 4.32. The lowest BCUT2D eigenvalue weighted by Crippen LogP contribution is -2.21. The Labute approximate surface area is 125 Å². The van der Waals surface area contributed by atoms with Gasteiger partial charge in [0, 0.05) is 18.2 Å². The standard InChI is InChI=1S/C15H24N2O2S/c1-17-9-10(8-16)7-11(17)14-12(18-2)5-6-13(19-3)15(14)20-4/h5-6,10-11H,7-9,16H2,1-4H3. The van der Waals surface area contributed by atoms with E-state index in [1.54, 1.807) is 26.0 Å². The zero-order chi connectivity index (χ0) is 14.7. The van der Waals surface area contributed by atoms with E-state index < -0.39 is 0 Å². The van der Waals surface area contributed by atoms with Crippen molar-refractivity contribution in [1.82, 2.24) is 4.90 Å². The fourth-order valence-electron chi connectivity index (χ4n) is 3.04. The number of thioether (sulfide) groups is 1. The highest BCUT2D eigenvalue weighted by Crippen LogP contribution is 2.46. The van der Waals surface area contributed by atoms with Crippen LogP contribution in [0.25, 0.3) is 0 Å². The van der Waals surface area contributed by atoms with Crippen molar-refractivity contribution < 1.29 is 9.47 Å². The van der Waals surface area contributed by atoms with Gasteiger partial charge in [-0.15, -0.1) is 11.8 Å². The van der Waals surface area contributed by atoms with Crippen molar-refractivity contribution in [3.63, 3.8) is 0 Å². The van der Waals surface area contributed by atoms with E-state index in [4.69, 9.17) is 15.2 Å². The van der Waals surface area contributed by atoms with Gasteiger partial charge in [0.25, 0.3) is 0 Å². The Morgan fingerprint density at radius 2 is 1.95 bits per heavy atom. The highest BCUT2D eigenvalue weighted by Gasteiger charge is 2.34. The molecule has 4 nitrogen and oxygen atoms in total. The minimum atomic E-state index is 0.344. The first-order chi connectivity index (χ1) is 9.65. The summed E-state index contributed by atoms with van der Waals surface area (Å²) < 4.78 is 11.1. The number of nitrogens with two attached hydrogens (primary N) is 1. The molecule has 0 aliphatic carbocycles. The van der Waals surface area contributed by atoms with Crippen LogP contribution < -0.4 is 15.2 Å². The molecule has 1 aliphatic rings. The molecule has 1 fully saturated rings. The van der Waals surface area contributed by atoms with Crippen molar-refractivity contribution in [2.24, 2.45) is 11.7 Å². The molecular weight excluding hydrogens is 272 g/mol. The third-order valence-corrected chi connectivity index (χ3v) is 4.89. The number of benzene rings is 1. The van der Waals surface area contributed by atoms with Gasteiger partial charge in [-0.1, -0.05) is 0 Å². The monoisotopic (exact) mass is 296 g/mol. The van der Waals surface area contributed by atoms with Crippen LogP contribution in [-0.2, 0) is 0 Å². The Morgan fingerprint density at radius 3 is 2.45 bits per heavy atom. The molecule has 0 amide bonds. The summed E-state index contributed by atoms with van der Waals surface area (Å²) in [7, 11) is 5.60. The van der Waals surface area contributed by atoms with Gasteiger partial charge in [-0.2, -0.15) is 0 Å². The predicted octanol–water partition coefficient (Wildman–Crippen LogP) is 2.38. The molecule has 1 aromatic carbocycles. The summed E-state index contributed by atoms with van der Waals surface area (Å²) in [5, 5.41) is 0. The first kappa shape index (κ1) is 15.5. The summed E-state index contributed by atoms with van der Waals surface area (Å²) in [4.78, 5) is 3.54. The summed E-state index contributed by atoms with van der Waals surface area (Å²) in [5.41, 5.74) is 7.08. The number of likely N-dealkylation sites (tertiary alicyclic amines) is 1. The number of hydrogen-bond donors (Lipinski definition) is 1. The minimum Gasteiger partial charge on any atom is -0.496 e. The van der Waals surface area contributed by atoms with E-state index in [9.17, 15) is 0 Å². The van der Waals surface area contributed by atoms with E-state index in [1.165, 1.54) is 10.5 Å². The third-order valence-electron chi connectivity index (χ3n) is 4.07. The Bertz CT molecular complexity index is 467. The molecule has 0 saturated carbocycles. The van der Waals surface area contributed by atoms with Crippen molar-refractivity contribution in [3.05, 3.63) is 17.7 Å². The van der Waals surface area contributed by atoms with Crippen LogP contribution in [0.4, 0.5) is 0 Å².